The highest BCUT2D eigenvalue weighted by Gasteiger charge is 2.46. The SMILES string of the molecule is CC1(C)CC1NC(=O)c1ccc(CN)cc1. The van der Waals surface area contributed by atoms with E-state index in [0.717, 1.165) is 12.0 Å². The van der Waals surface area contributed by atoms with E-state index in [2.05, 4.69) is 19.2 Å². The molecule has 0 aromatic heterocycles. The molecule has 0 radical (unpaired) electrons. The first-order valence-electron chi connectivity index (χ1n) is 5.63. The van der Waals surface area contributed by atoms with Crippen LogP contribution >= 0.6 is 0 Å². The lowest BCUT2D eigenvalue weighted by molar-refractivity contribution is 0.0946. The molecule has 1 aliphatic carbocycles. The Kier molecular flexibility index (Phi) is 2.72. The standard InChI is InChI=1S/C13H18N2O/c1-13(2)7-11(13)15-12(16)10-5-3-9(8-14)4-6-10/h3-6,11H,7-8,14H2,1-2H3,(H,15,16). The van der Waals surface area contributed by atoms with Gasteiger partial charge < -0.3 is 11.1 Å². The number of nitrogens with one attached hydrogen (secondary N) is 1. The zero-order valence-electron chi connectivity index (χ0n) is 9.79. The summed E-state index contributed by atoms with van der Waals surface area (Å²) in [6.45, 7) is 4.84. The van der Waals surface area contributed by atoms with Crippen LogP contribution in [-0.4, -0.2) is 11.9 Å². The van der Waals surface area contributed by atoms with Crippen LogP contribution in [0.15, 0.2) is 24.3 Å². The van der Waals surface area contributed by atoms with E-state index in [1.165, 1.54) is 0 Å². The van der Waals surface area contributed by atoms with E-state index in [0.29, 0.717) is 18.2 Å². The van der Waals surface area contributed by atoms with Crippen molar-refractivity contribution in [3.05, 3.63) is 35.4 Å². The predicted molar refractivity (Wildman–Crippen MR) is 64.0 cm³/mol. The number of nitrogens with two attached hydrogens (primary N) is 1. The molecule has 1 unspecified atom stereocenters. The Morgan fingerprint density at radius 1 is 1.44 bits per heavy atom. The largest absolute Gasteiger partial charge is 0.349 e. The first-order valence-corrected chi connectivity index (χ1v) is 5.63. The lowest BCUT2D eigenvalue weighted by Crippen LogP contribution is -2.28. The van der Waals surface area contributed by atoms with Crippen molar-refractivity contribution in [2.45, 2.75) is 32.9 Å². The molecule has 0 heterocycles. The molecule has 1 amide bonds. The van der Waals surface area contributed by atoms with Crippen LogP contribution in [0.25, 0.3) is 0 Å². The fourth-order valence-corrected chi connectivity index (χ4v) is 1.75. The van der Waals surface area contributed by atoms with Gasteiger partial charge in [-0.25, -0.2) is 0 Å². The summed E-state index contributed by atoms with van der Waals surface area (Å²) in [7, 11) is 0. The monoisotopic (exact) mass is 218 g/mol. The van der Waals surface area contributed by atoms with Crippen molar-refractivity contribution < 1.29 is 4.79 Å². The molecule has 1 aliphatic rings. The van der Waals surface area contributed by atoms with E-state index in [1.807, 2.05) is 24.3 Å². The molecule has 3 heteroatoms. The van der Waals surface area contributed by atoms with Crippen LogP contribution in [0, 0.1) is 5.41 Å². The lowest BCUT2D eigenvalue weighted by atomic mass is 10.1. The summed E-state index contributed by atoms with van der Waals surface area (Å²) in [6.07, 6.45) is 1.07. The maximum Gasteiger partial charge on any atom is 0.251 e. The first-order chi connectivity index (χ1) is 7.53. The minimum Gasteiger partial charge on any atom is -0.349 e. The number of hydrogen-bond acceptors (Lipinski definition) is 2. The Balaban J connectivity index is 1.99. The second-order valence-electron chi connectivity index (χ2n) is 5.12. The summed E-state index contributed by atoms with van der Waals surface area (Å²) in [5.41, 5.74) is 7.53. The van der Waals surface area contributed by atoms with Gasteiger partial charge in [-0.05, 0) is 29.5 Å². The van der Waals surface area contributed by atoms with Crippen LogP contribution in [0.5, 0.6) is 0 Å². The Labute approximate surface area is 96.0 Å². The molecular weight excluding hydrogens is 200 g/mol. The van der Waals surface area contributed by atoms with Crippen molar-refractivity contribution >= 4 is 5.91 Å². The Bertz CT molecular complexity index is 395. The molecular formula is C13H18N2O. The average Bonchev–Trinajstić information content (AvgIpc) is 2.86. The molecule has 3 N–H and O–H groups in total. The lowest BCUT2D eigenvalue weighted by Gasteiger charge is -2.07. The summed E-state index contributed by atoms with van der Waals surface area (Å²) in [4.78, 5) is 11.8. The summed E-state index contributed by atoms with van der Waals surface area (Å²) >= 11 is 0. The maximum atomic E-state index is 11.8. The van der Waals surface area contributed by atoms with Crippen molar-refractivity contribution in [2.75, 3.05) is 0 Å². The number of carbonyl (C=O) groups is 1. The van der Waals surface area contributed by atoms with Crippen molar-refractivity contribution in [1.29, 1.82) is 0 Å². The molecule has 0 aliphatic heterocycles. The van der Waals surface area contributed by atoms with Gasteiger partial charge in [-0.15, -0.1) is 0 Å². The Morgan fingerprint density at radius 2 is 2.00 bits per heavy atom. The number of carbonyl (C=O) groups excluding carboxylic acids is 1. The van der Waals surface area contributed by atoms with Gasteiger partial charge in [0.1, 0.15) is 0 Å². The number of benzene rings is 1. The van der Waals surface area contributed by atoms with Gasteiger partial charge in [-0.3, -0.25) is 4.79 Å². The van der Waals surface area contributed by atoms with E-state index in [-0.39, 0.29) is 11.3 Å². The topological polar surface area (TPSA) is 55.1 Å². The van der Waals surface area contributed by atoms with Crippen LogP contribution in [0.1, 0.15) is 36.2 Å². The summed E-state index contributed by atoms with van der Waals surface area (Å²) in [5.74, 6) is 0.0131. The fraction of sp³-hybridized carbons (Fsp3) is 0.462. The molecule has 1 fully saturated rings. The minimum absolute atomic E-state index is 0.0131. The van der Waals surface area contributed by atoms with Crippen molar-refractivity contribution in [3.63, 3.8) is 0 Å². The number of amides is 1. The fourth-order valence-electron chi connectivity index (χ4n) is 1.75. The zero-order chi connectivity index (χ0) is 11.8. The smallest absolute Gasteiger partial charge is 0.251 e. The molecule has 16 heavy (non-hydrogen) atoms. The third-order valence-electron chi connectivity index (χ3n) is 3.27. The van der Waals surface area contributed by atoms with E-state index >= 15 is 0 Å². The van der Waals surface area contributed by atoms with Gasteiger partial charge in [-0.1, -0.05) is 26.0 Å². The molecule has 1 atom stereocenters. The van der Waals surface area contributed by atoms with Crippen LogP contribution in [0.2, 0.25) is 0 Å². The third-order valence-corrected chi connectivity index (χ3v) is 3.27. The molecule has 86 valence electrons. The van der Waals surface area contributed by atoms with Gasteiger partial charge >= 0.3 is 0 Å². The summed E-state index contributed by atoms with van der Waals surface area (Å²) in [6, 6.07) is 7.77. The van der Waals surface area contributed by atoms with Crippen LogP contribution in [-0.2, 0) is 6.54 Å². The highest BCUT2D eigenvalue weighted by atomic mass is 16.1. The highest BCUT2D eigenvalue weighted by molar-refractivity contribution is 5.94. The van der Waals surface area contributed by atoms with Crippen molar-refractivity contribution in [2.24, 2.45) is 11.1 Å². The van der Waals surface area contributed by atoms with E-state index in [9.17, 15) is 4.79 Å². The zero-order valence-corrected chi connectivity index (χ0v) is 9.79. The molecule has 2 rings (SSSR count). The second-order valence-corrected chi connectivity index (χ2v) is 5.12. The maximum absolute atomic E-state index is 11.8. The first kappa shape index (κ1) is 11.1. The molecule has 1 aromatic carbocycles. The average molecular weight is 218 g/mol. The van der Waals surface area contributed by atoms with Crippen LogP contribution < -0.4 is 11.1 Å². The molecule has 0 bridgehead atoms. The van der Waals surface area contributed by atoms with Gasteiger partial charge in [0.25, 0.3) is 5.91 Å². The van der Waals surface area contributed by atoms with Crippen molar-refractivity contribution in [1.82, 2.24) is 5.32 Å². The molecule has 0 saturated heterocycles. The van der Waals surface area contributed by atoms with Gasteiger partial charge in [0.2, 0.25) is 0 Å². The number of rotatable bonds is 3. The molecule has 1 saturated carbocycles. The Hall–Kier alpha value is -1.35. The minimum atomic E-state index is 0.0131. The number of hydrogen-bond donors (Lipinski definition) is 2. The van der Waals surface area contributed by atoms with Gasteiger partial charge in [-0.2, -0.15) is 0 Å². The summed E-state index contributed by atoms with van der Waals surface area (Å²) in [5, 5.41) is 3.03. The van der Waals surface area contributed by atoms with E-state index < -0.39 is 0 Å². The molecule has 0 spiro atoms. The normalized spacial score (nSPS) is 21.6. The van der Waals surface area contributed by atoms with Crippen molar-refractivity contribution in [3.8, 4) is 0 Å². The molecule has 3 nitrogen and oxygen atoms in total. The summed E-state index contributed by atoms with van der Waals surface area (Å²) < 4.78 is 0. The quantitative estimate of drug-likeness (QED) is 0.811. The Morgan fingerprint density at radius 3 is 2.44 bits per heavy atom. The predicted octanol–water partition coefficient (Wildman–Crippen LogP) is 1.67. The highest BCUT2D eigenvalue weighted by Crippen LogP contribution is 2.44. The van der Waals surface area contributed by atoms with Gasteiger partial charge in [0, 0.05) is 18.2 Å². The third kappa shape index (κ3) is 2.25. The van der Waals surface area contributed by atoms with E-state index in [1.54, 1.807) is 0 Å². The second kappa shape index (κ2) is 3.91. The molecule has 1 aromatic rings. The van der Waals surface area contributed by atoms with Crippen LogP contribution in [0.4, 0.5) is 0 Å². The van der Waals surface area contributed by atoms with E-state index in [4.69, 9.17) is 5.73 Å². The van der Waals surface area contributed by atoms with Gasteiger partial charge in [0.15, 0.2) is 0 Å². The van der Waals surface area contributed by atoms with Gasteiger partial charge in [0.05, 0.1) is 0 Å². The van der Waals surface area contributed by atoms with Crippen LogP contribution in [0.3, 0.4) is 0 Å².